The number of benzene rings is 2. The summed E-state index contributed by atoms with van der Waals surface area (Å²) in [6.07, 6.45) is 0.683. The van der Waals surface area contributed by atoms with Gasteiger partial charge in [0.05, 0.1) is 23.2 Å². The van der Waals surface area contributed by atoms with Crippen molar-refractivity contribution in [2.75, 3.05) is 24.1 Å². The highest BCUT2D eigenvalue weighted by atomic mass is 32.2. The molecule has 1 heterocycles. The van der Waals surface area contributed by atoms with Gasteiger partial charge >= 0.3 is 0 Å². The minimum Gasteiger partial charge on any atom is -0.370 e. The number of aromatic nitrogens is 2. The Morgan fingerprint density at radius 3 is 2.72 bits per heavy atom. The molecule has 0 bridgehead atoms. The van der Waals surface area contributed by atoms with Crippen molar-refractivity contribution in [3.63, 3.8) is 0 Å². The Hall–Kier alpha value is -2.84. The molecule has 1 aromatic heterocycles. The minimum atomic E-state index is -1.32. The quantitative estimate of drug-likeness (QED) is 0.491. The van der Waals surface area contributed by atoms with E-state index in [2.05, 4.69) is 39.6 Å². The molecule has 0 aliphatic heterocycles. The molecule has 0 aliphatic carbocycles. The zero-order chi connectivity index (χ0) is 20.8. The van der Waals surface area contributed by atoms with Crippen molar-refractivity contribution in [2.45, 2.75) is 25.2 Å². The predicted molar refractivity (Wildman–Crippen MR) is 116 cm³/mol. The minimum absolute atomic E-state index is 0.207. The van der Waals surface area contributed by atoms with Crippen LogP contribution in [0.2, 0.25) is 0 Å². The van der Waals surface area contributed by atoms with Crippen molar-refractivity contribution in [3.05, 3.63) is 65.5 Å². The van der Waals surface area contributed by atoms with Gasteiger partial charge in [-0.3, -0.25) is 0 Å². The second-order valence-electron chi connectivity index (χ2n) is 6.60. The molecule has 1 atom stereocenters. The second kappa shape index (κ2) is 9.58. The first-order valence-corrected chi connectivity index (χ1v) is 10.4. The highest BCUT2D eigenvalue weighted by Crippen LogP contribution is 2.26. The number of nitrogens with two attached hydrogens (primary N) is 1. The molecule has 0 spiro atoms. The van der Waals surface area contributed by atoms with Crippen LogP contribution in [-0.4, -0.2) is 27.6 Å². The zero-order valence-electron chi connectivity index (χ0n) is 16.4. The lowest BCUT2D eigenvalue weighted by atomic mass is 10.0. The fourth-order valence-corrected chi connectivity index (χ4v) is 3.69. The Morgan fingerprint density at radius 1 is 1.14 bits per heavy atom. The Morgan fingerprint density at radius 2 is 1.93 bits per heavy atom. The molecule has 0 saturated carbocycles. The largest absolute Gasteiger partial charge is 0.370 e. The molecule has 3 aromatic rings. The fourth-order valence-electron chi connectivity index (χ4n) is 2.82. The van der Waals surface area contributed by atoms with Crippen LogP contribution in [0.5, 0.6) is 0 Å². The maximum absolute atomic E-state index is 13.2. The van der Waals surface area contributed by atoms with Crippen LogP contribution in [0.4, 0.5) is 16.2 Å². The van der Waals surface area contributed by atoms with E-state index in [9.17, 15) is 8.94 Å². The van der Waals surface area contributed by atoms with Gasteiger partial charge in [-0.2, -0.15) is 4.98 Å². The van der Waals surface area contributed by atoms with Crippen LogP contribution in [0.25, 0.3) is 11.3 Å². The van der Waals surface area contributed by atoms with Crippen molar-refractivity contribution in [3.8, 4) is 11.3 Å². The number of aryl methyl sites for hydroxylation is 1. The summed E-state index contributed by atoms with van der Waals surface area (Å²) in [6.45, 7) is 5.16. The maximum Gasteiger partial charge on any atom is 0.222 e. The van der Waals surface area contributed by atoms with Crippen LogP contribution in [-0.2, 0) is 11.0 Å². The third-order valence-electron chi connectivity index (χ3n) is 4.49. The van der Waals surface area contributed by atoms with Crippen LogP contribution in [0, 0.1) is 19.7 Å². The molecule has 0 fully saturated rings. The molecule has 0 amide bonds. The highest BCUT2D eigenvalue weighted by Gasteiger charge is 2.08. The Kier molecular flexibility index (Phi) is 6.90. The third kappa shape index (κ3) is 5.58. The number of nitrogen functional groups attached to an aromatic ring is 1. The fraction of sp³-hybridized carbons (Fsp3) is 0.238. The zero-order valence-corrected chi connectivity index (χ0v) is 17.2. The standard InChI is InChI=1S/C21H24FN5OS/c1-14-6-3-9-18(15(14)2)19-13-20(27-21(23)26-19)24-10-5-11-25-29(28)17-8-4-7-16(22)12-17/h3-4,6-9,12-13H,5,10-11H2,1-2H3,(H,25,28)(H3,23,24,26,27). The number of nitrogens with one attached hydrogen (secondary N) is 1. The molecular formula is C21H24FN5OS. The summed E-state index contributed by atoms with van der Waals surface area (Å²) in [5, 5.41) is 3.22. The molecular weight excluding hydrogens is 389 g/mol. The van der Waals surface area contributed by atoms with E-state index < -0.39 is 11.0 Å². The Balaban J connectivity index is 1.61. The normalized spacial score (nSPS) is 12.1. The summed E-state index contributed by atoms with van der Waals surface area (Å²) >= 11 is 0. The van der Waals surface area contributed by atoms with Crippen molar-refractivity contribution < 1.29 is 8.94 Å². The average molecular weight is 414 g/mol. The van der Waals surface area contributed by atoms with Gasteiger partial charge in [0.2, 0.25) is 5.95 Å². The summed E-state index contributed by atoms with van der Waals surface area (Å²) in [6, 6.07) is 13.8. The molecule has 4 N–H and O–H groups in total. The molecule has 0 saturated heterocycles. The van der Waals surface area contributed by atoms with Gasteiger partial charge in [0, 0.05) is 23.1 Å². The van der Waals surface area contributed by atoms with E-state index in [1.54, 1.807) is 12.1 Å². The van der Waals surface area contributed by atoms with Gasteiger partial charge in [-0.15, -0.1) is 0 Å². The first-order chi connectivity index (χ1) is 13.9. The summed E-state index contributed by atoms with van der Waals surface area (Å²) in [4.78, 5) is 9.07. The average Bonchev–Trinajstić information content (AvgIpc) is 2.69. The van der Waals surface area contributed by atoms with Crippen molar-refractivity contribution in [2.24, 2.45) is 4.36 Å². The SMILES string of the molecule is Cc1cccc(-c2cc(NCCCN=S(O)c3cccc(F)c3)nc(N)n2)c1C. The van der Waals surface area contributed by atoms with Gasteiger partial charge in [-0.05, 0) is 49.6 Å². The number of hydrogen-bond donors (Lipinski definition) is 3. The van der Waals surface area contributed by atoms with Gasteiger partial charge in [-0.25, -0.2) is 13.7 Å². The summed E-state index contributed by atoms with van der Waals surface area (Å²) < 4.78 is 27.4. The number of rotatable bonds is 7. The van der Waals surface area contributed by atoms with Crippen molar-refractivity contribution in [1.29, 1.82) is 0 Å². The molecule has 0 radical (unpaired) electrons. The van der Waals surface area contributed by atoms with Gasteiger partial charge in [0.15, 0.2) is 0 Å². The van der Waals surface area contributed by atoms with Crippen LogP contribution in [0.15, 0.2) is 57.8 Å². The van der Waals surface area contributed by atoms with E-state index >= 15 is 0 Å². The molecule has 0 aliphatic rings. The summed E-state index contributed by atoms with van der Waals surface area (Å²) in [7, 11) is -1.32. The number of hydrogen-bond acceptors (Lipinski definition) is 5. The van der Waals surface area contributed by atoms with E-state index in [0.717, 1.165) is 16.8 Å². The van der Waals surface area contributed by atoms with E-state index in [-0.39, 0.29) is 11.8 Å². The molecule has 29 heavy (non-hydrogen) atoms. The van der Waals surface area contributed by atoms with E-state index in [1.165, 1.54) is 17.7 Å². The van der Waals surface area contributed by atoms with Gasteiger partial charge in [-0.1, -0.05) is 24.3 Å². The van der Waals surface area contributed by atoms with Crippen molar-refractivity contribution in [1.82, 2.24) is 9.97 Å². The van der Waals surface area contributed by atoms with Crippen LogP contribution in [0.3, 0.4) is 0 Å². The van der Waals surface area contributed by atoms with Gasteiger partial charge in [0.25, 0.3) is 0 Å². The molecule has 152 valence electrons. The molecule has 2 aromatic carbocycles. The van der Waals surface area contributed by atoms with E-state index in [0.29, 0.717) is 30.2 Å². The number of halogens is 1. The molecule has 1 unspecified atom stereocenters. The Labute approximate surface area is 172 Å². The van der Waals surface area contributed by atoms with Crippen LogP contribution >= 0.6 is 0 Å². The number of nitrogens with zero attached hydrogens (tertiary/aromatic N) is 3. The second-order valence-corrected chi connectivity index (χ2v) is 7.86. The molecule has 3 rings (SSSR count). The number of anilines is 2. The first-order valence-electron chi connectivity index (χ1n) is 9.25. The van der Waals surface area contributed by atoms with Crippen molar-refractivity contribution >= 4 is 22.7 Å². The highest BCUT2D eigenvalue weighted by molar-refractivity contribution is 7.81. The van der Waals surface area contributed by atoms with Crippen LogP contribution < -0.4 is 11.1 Å². The van der Waals surface area contributed by atoms with Crippen LogP contribution in [0.1, 0.15) is 17.5 Å². The summed E-state index contributed by atoms with van der Waals surface area (Å²) in [5.74, 6) is 0.465. The van der Waals surface area contributed by atoms with E-state index in [4.69, 9.17) is 5.73 Å². The lowest BCUT2D eigenvalue weighted by molar-refractivity contribution is 0.617. The topological polar surface area (TPSA) is 96.4 Å². The lowest BCUT2D eigenvalue weighted by Crippen LogP contribution is -2.08. The van der Waals surface area contributed by atoms with Gasteiger partial charge < -0.3 is 15.6 Å². The first kappa shape index (κ1) is 20.9. The van der Waals surface area contributed by atoms with Gasteiger partial charge in [0.1, 0.15) is 11.6 Å². The van der Waals surface area contributed by atoms with E-state index in [1.807, 2.05) is 18.2 Å². The molecule has 6 nitrogen and oxygen atoms in total. The monoisotopic (exact) mass is 413 g/mol. The lowest BCUT2D eigenvalue weighted by Gasteiger charge is -2.11. The summed E-state index contributed by atoms with van der Waals surface area (Å²) in [5.41, 5.74) is 10.0. The third-order valence-corrected chi connectivity index (χ3v) is 5.59. The Bertz CT molecular complexity index is 1040. The predicted octanol–water partition coefficient (Wildman–Crippen LogP) is 4.62. The maximum atomic E-state index is 13.2. The smallest absolute Gasteiger partial charge is 0.222 e. The molecule has 8 heteroatoms.